The van der Waals surface area contributed by atoms with Gasteiger partial charge in [-0.1, -0.05) is 35.4 Å². The van der Waals surface area contributed by atoms with Crippen LogP contribution < -0.4 is 0 Å². The van der Waals surface area contributed by atoms with Crippen LogP contribution in [0.3, 0.4) is 0 Å². The van der Waals surface area contributed by atoms with Gasteiger partial charge in [-0.2, -0.15) is 0 Å². The topological polar surface area (TPSA) is 12.9 Å². The van der Waals surface area contributed by atoms with Crippen molar-refractivity contribution in [2.24, 2.45) is 5.92 Å². The van der Waals surface area contributed by atoms with Gasteiger partial charge < -0.3 is 0 Å². The van der Waals surface area contributed by atoms with Crippen molar-refractivity contribution in [2.45, 2.75) is 51.4 Å². The lowest BCUT2D eigenvalue weighted by Gasteiger charge is -2.29. The van der Waals surface area contributed by atoms with Crippen molar-refractivity contribution in [3.8, 4) is 11.3 Å². The van der Waals surface area contributed by atoms with Crippen LogP contribution in [0.4, 0.5) is 0 Å². The van der Waals surface area contributed by atoms with Crippen molar-refractivity contribution in [1.29, 1.82) is 0 Å². The predicted octanol–water partition coefficient (Wildman–Crippen LogP) is 6.35. The SMILES string of the molecule is Cc1cc(C)cc(-c2cc(C34CCC(CC3)C4)c3ccccc3n2)c1. The molecule has 2 fully saturated rings. The zero-order valence-electron chi connectivity index (χ0n) is 15.2. The molecule has 2 aliphatic rings. The largest absolute Gasteiger partial charge is 0.248 e. The number of hydrogen-bond donors (Lipinski definition) is 0. The standard InChI is InChI=1S/C24H25N/c1-16-11-17(2)13-19(12-16)23-14-21(20-5-3-4-6-22(20)25-23)24-9-7-18(15-24)8-10-24/h3-6,11-14,18H,7-10,15H2,1-2H3. The third kappa shape index (κ3) is 2.40. The van der Waals surface area contributed by atoms with Gasteiger partial charge >= 0.3 is 0 Å². The van der Waals surface area contributed by atoms with Gasteiger partial charge in [0.2, 0.25) is 0 Å². The number of hydrogen-bond acceptors (Lipinski definition) is 1. The fraction of sp³-hybridized carbons (Fsp3) is 0.375. The molecule has 0 amide bonds. The van der Waals surface area contributed by atoms with E-state index in [1.807, 2.05) is 0 Å². The summed E-state index contributed by atoms with van der Waals surface area (Å²) in [7, 11) is 0. The Labute approximate surface area is 150 Å². The van der Waals surface area contributed by atoms with Crippen molar-refractivity contribution >= 4 is 10.9 Å². The van der Waals surface area contributed by atoms with Crippen molar-refractivity contribution in [1.82, 2.24) is 4.98 Å². The van der Waals surface area contributed by atoms with E-state index in [4.69, 9.17) is 4.98 Å². The molecule has 0 atom stereocenters. The minimum Gasteiger partial charge on any atom is -0.248 e. The first-order valence-electron chi connectivity index (χ1n) is 9.62. The zero-order chi connectivity index (χ0) is 17.0. The van der Waals surface area contributed by atoms with Crippen LogP contribution in [0.2, 0.25) is 0 Å². The Kier molecular flexibility index (Phi) is 3.28. The Morgan fingerprint density at radius 1 is 0.920 bits per heavy atom. The molecule has 0 N–H and O–H groups in total. The lowest BCUT2D eigenvalue weighted by Crippen LogP contribution is -2.20. The molecule has 2 saturated carbocycles. The molecular weight excluding hydrogens is 302 g/mol. The molecule has 0 radical (unpaired) electrons. The van der Waals surface area contributed by atoms with Gasteiger partial charge in [-0.25, -0.2) is 4.98 Å². The third-order valence-electron chi connectivity index (χ3n) is 6.55. The molecule has 5 rings (SSSR count). The van der Waals surface area contributed by atoms with Gasteiger partial charge in [0.1, 0.15) is 0 Å². The summed E-state index contributed by atoms with van der Waals surface area (Å²) in [4.78, 5) is 5.04. The molecule has 1 heteroatoms. The van der Waals surface area contributed by atoms with E-state index in [1.165, 1.54) is 54.2 Å². The average Bonchev–Trinajstić information content (AvgIpc) is 3.22. The van der Waals surface area contributed by atoms with Gasteiger partial charge in [-0.15, -0.1) is 0 Å². The second kappa shape index (κ2) is 5.42. The van der Waals surface area contributed by atoms with Crippen LogP contribution in [0, 0.1) is 19.8 Å². The fourth-order valence-electron chi connectivity index (χ4n) is 5.45. The lowest BCUT2D eigenvalue weighted by molar-refractivity contribution is 0.421. The molecule has 0 aliphatic heterocycles. The number of aromatic nitrogens is 1. The molecule has 0 saturated heterocycles. The van der Waals surface area contributed by atoms with Gasteiger partial charge in [-0.05, 0) is 87.1 Å². The van der Waals surface area contributed by atoms with E-state index < -0.39 is 0 Å². The molecule has 1 nitrogen and oxygen atoms in total. The highest BCUT2D eigenvalue weighted by molar-refractivity contribution is 5.86. The molecule has 0 unspecified atom stereocenters. The molecule has 0 spiro atoms. The number of fused-ring (bicyclic) bond motifs is 3. The highest BCUT2D eigenvalue weighted by Crippen LogP contribution is 2.56. The van der Waals surface area contributed by atoms with Gasteiger partial charge in [-0.3, -0.25) is 0 Å². The molecule has 1 heterocycles. The summed E-state index contributed by atoms with van der Waals surface area (Å²) in [6.45, 7) is 4.35. The lowest BCUT2D eigenvalue weighted by atomic mass is 9.76. The summed E-state index contributed by atoms with van der Waals surface area (Å²) in [6.07, 6.45) is 6.92. The summed E-state index contributed by atoms with van der Waals surface area (Å²) < 4.78 is 0. The first-order valence-corrected chi connectivity index (χ1v) is 9.62. The van der Waals surface area contributed by atoms with Crippen LogP contribution in [0.25, 0.3) is 22.2 Å². The number of benzene rings is 2. The monoisotopic (exact) mass is 327 g/mol. The van der Waals surface area contributed by atoms with E-state index in [0.29, 0.717) is 5.41 Å². The minimum atomic E-state index is 0.404. The summed E-state index contributed by atoms with van der Waals surface area (Å²) in [5, 5.41) is 1.37. The quantitative estimate of drug-likeness (QED) is 0.534. The van der Waals surface area contributed by atoms with E-state index in [2.05, 4.69) is 62.4 Å². The molecule has 25 heavy (non-hydrogen) atoms. The molecule has 2 bridgehead atoms. The summed E-state index contributed by atoms with van der Waals surface area (Å²) in [5.74, 6) is 0.955. The highest BCUT2D eigenvalue weighted by atomic mass is 14.7. The first-order chi connectivity index (χ1) is 12.1. The van der Waals surface area contributed by atoms with Gasteiger partial charge in [0.15, 0.2) is 0 Å². The van der Waals surface area contributed by atoms with Crippen LogP contribution in [0.1, 0.15) is 48.8 Å². The minimum absolute atomic E-state index is 0.404. The zero-order valence-corrected chi connectivity index (χ0v) is 15.2. The smallest absolute Gasteiger partial charge is 0.0712 e. The summed E-state index contributed by atoms with van der Waals surface area (Å²) in [5.41, 5.74) is 8.14. The van der Waals surface area contributed by atoms with Crippen LogP contribution in [-0.2, 0) is 5.41 Å². The van der Waals surface area contributed by atoms with Crippen LogP contribution in [0.5, 0.6) is 0 Å². The first kappa shape index (κ1) is 15.1. The maximum absolute atomic E-state index is 5.04. The maximum atomic E-state index is 5.04. The van der Waals surface area contributed by atoms with Crippen molar-refractivity contribution in [2.75, 3.05) is 0 Å². The Bertz CT molecular complexity index is 941. The number of para-hydroxylation sites is 1. The van der Waals surface area contributed by atoms with Crippen molar-refractivity contribution < 1.29 is 0 Å². The molecule has 3 aromatic rings. The normalized spacial score (nSPS) is 25.0. The third-order valence-corrected chi connectivity index (χ3v) is 6.55. The van der Waals surface area contributed by atoms with E-state index in [9.17, 15) is 0 Å². The van der Waals surface area contributed by atoms with Gasteiger partial charge in [0, 0.05) is 10.9 Å². The predicted molar refractivity (Wildman–Crippen MR) is 105 cm³/mol. The molecular formula is C24H25N. The van der Waals surface area contributed by atoms with Crippen molar-refractivity contribution in [3.63, 3.8) is 0 Å². The van der Waals surface area contributed by atoms with Crippen LogP contribution in [-0.4, -0.2) is 4.98 Å². The van der Waals surface area contributed by atoms with Crippen molar-refractivity contribution in [3.05, 3.63) is 65.2 Å². The van der Waals surface area contributed by atoms with E-state index in [1.54, 1.807) is 5.56 Å². The Hall–Kier alpha value is -2.15. The Morgan fingerprint density at radius 2 is 1.64 bits per heavy atom. The molecule has 2 aromatic carbocycles. The summed E-state index contributed by atoms with van der Waals surface area (Å²) >= 11 is 0. The fourth-order valence-corrected chi connectivity index (χ4v) is 5.45. The Morgan fingerprint density at radius 3 is 2.32 bits per heavy atom. The highest BCUT2D eigenvalue weighted by Gasteiger charge is 2.46. The molecule has 126 valence electrons. The average molecular weight is 327 g/mol. The second-order valence-corrected chi connectivity index (χ2v) is 8.38. The molecule has 2 aliphatic carbocycles. The number of rotatable bonds is 2. The van der Waals surface area contributed by atoms with Crippen LogP contribution in [0.15, 0.2) is 48.5 Å². The summed E-state index contributed by atoms with van der Waals surface area (Å²) in [6, 6.07) is 18.0. The number of pyridine rings is 1. The Balaban J connectivity index is 1.76. The maximum Gasteiger partial charge on any atom is 0.0712 e. The van der Waals surface area contributed by atoms with Gasteiger partial charge in [0.05, 0.1) is 11.2 Å². The van der Waals surface area contributed by atoms with E-state index >= 15 is 0 Å². The number of aryl methyl sites for hydroxylation is 2. The van der Waals surface area contributed by atoms with Gasteiger partial charge in [0.25, 0.3) is 0 Å². The molecule has 1 aromatic heterocycles. The van der Waals surface area contributed by atoms with E-state index in [-0.39, 0.29) is 0 Å². The second-order valence-electron chi connectivity index (χ2n) is 8.38. The number of nitrogens with zero attached hydrogens (tertiary/aromatic N) is 1. The van der Waals surface area contributed by atoms with E-state index in [0.717, 1.165) is 17.1 Å². The van der Waals surface area contributed by atoms with Crippen LogP contribution >= 0.6 is 0 Å².